The average Bonchev–Trinajstić information content (AvgIpc) is 2.83. The molecule has 0 fully saturated rings. The van der Waals surface area contributed by atoms with E-state index in [1.54, 1.807) is 12.1 Å². The molecule has 0 spiro atoms. The Labute approximate surface area is 113 Å². The van der Waals surface area contributed by atoms with Crippen LogP contribution in [0, 0.1) is 0 Å². The molecule has 1 aromatic heterocycles. The number of rotatable bonds is 2. The Morgan fingerprint density at radius 2 is 2.00 bits per heavy atom. The maximum atomic E-state index is 11.4. The van der Waals surface area contributed by atoms with Gasteiger partial charge in [-0.3, -0.25) is 0 Å². The van der Waals surface area contributed by atoms with E-state index in [2.05, 4.69) is 9.97 Å². The summed E-state index contributed by atoms with van der Waals surface area (Å²) in [5.74, 6) is 0.576. The summed E-state index contributed by atoms with van der Waals surface area (Å²) < 4.78 is 11.4. The molecule has 2 aromatic carbocycles. The Hall–Kier alpha value is -2.40. The largest absolute Gasteiger partial charge is 0.399 e. The van der Waals surface area contributed by atoms with Gasteiger partial charge in [-0.25, -0.2) is 9.19 Å². The summed E-state index contributed by atoms with van der Waals surface area (Å²) in [4.78, 5) is 8.14. The Morgan fingerprint density at radius 1 is 1.16 bits per heavy atom. The molecule has 3 aromatic rings. The molecule has 0 aliphatic carbocycles. The van der Waals surface area contributed by atoms with Crippen LogP contribution in [0.2, 0.25) is 0 Å². The number of para-hydroxylation sites is 2. The minimum absolute atomic E-state index is 0.417. The number of nitrogen functional groups attached to an aromatic ring is 1. The summed E-state index contributed by atoms with van der Waals surface area (Å²) in [6, 6.07) is 14.9. The smallest absolute Gasteiger partial charge is 0.152 e. The lowest BCUT2D eigenvalue weighted by molar-refractivity contribution is 0.701. The highest BCUT2D eigenvalue weighted by Crippen LogP contribution is 2.15. The van der Waals surface area contributed by atoms with Gasteiger partial charge in [0.25, 0.3) is 0 Å². The number of H-pyrrole nitrogens is 1. The molecule has 0 atom stereocenters. The van der Waals surface area contributed by atoms with Crippen molar-refractivity contribution in [3.05, 3.63) is 59.9 Å². The Morgan fingerprint density at radius 3 is 2.74 bits per heavy atom. The fourth-order valence-electron chi connectivity index (χ4n) is 1.96. The quantitative estimate of drug-likeness (QED) is 0.424. The number of aromatic nitrogens is 2. The first-order valence-corrected chi connectivity index (χ1v) is 6.50. The van der Waals surface area contributed by atoms with Gasteiger partial charge in [0, 0.05) is 11.3 Å². The molecular formula is C14H11N3OS. The number of imidazole rings is 1. The van der Waals surface area contributed by atoms with Crippen molar-refractivity contribution in [2.24, 2.45) is 0 Å². The maximum absolute atomic E-state index is 11.4. The zero-order valence-corrected chi connectivity index (χ0v) is 10.8. The lowest BCUT2D eigenvalue weighted by Crippen LogP contribution is -2.05. The van der Waals surface area contributed by atoms with E-state index in [0.717, 1.165) is 16.6 Å². The number of benzene rings is 2. The Kier molecular flexibility index (Phi) is 2.89. The third-order valence-corrected chi connectivity index (χ3v) is 3.43. The second kappa shape index (κ2) is 4.70. The van der Waals surface area contributed by atoms with Crippen LogP contribution in [-0.4, -0.2) is 19.0 Å². The van der Waals surface area contributed by atoms with Crippen molar-refractivity contribution in [1.82, 2.24) is 9.97 Å². The molecule has 1 heterocycles. The van der Waals surface area contributed by atoms with Crippen LogP contribution in [0.15, 0.2) is 48.5 Å². The van der Waals surface area contributed by atoms with Crippen LogP contribution in [-0.2, 0) is 11.3 Å². The molecule has 0 saturated carbocycles. The van der Waals surface area contributed by atoms with Gasteiger partial charge in [0.1, 0.15) is 16.1 Å². The summed E-state index contributed by atoms with van der Waals surface area (Å²) in [6.45, 7) is 0. The monoisotopic (exact) mass is 269 g/mol. The molecule has 19 heavy (non-hydrogen) atoms. The maximum Gasteiger partial charge on any atom is 0.152 e. The number of hydrogen-bond donors (Lipinski definition) is 2. The van der Waals surface area contributed by atoms with Gasteiger partial charge in [0.2, 0.25) is 0 Å². The summed E-state index contributed by atoms with van der Waals surface area (Å²) in [5, 5.41) is 0. The van der Waals surface area contributed by atoms with E-state index in [1.807, 2.05) is 36.4 Å². The fraction of sp³-hybridized carbons (Fsp3) is 0. The van der Waals surface area contributed by atoms with Crippen molar-refractivity contribution in [3.63, 3.8) is 0 Å². The van der Waals surface area contributed by atoms with E-state index in [4.69, 9.17) is 5.73 Å². The lowest BCUT2D eigenvalue weighted by Gasteiger charge is -2.01. The van der Waals surface area contributed by atoms with Crippen LogP contribution in [0.1, 0.15) is 11.4 Å². The molecule has 0 aliphatic heterocycles. The number of hydrogen-bond acceptors (Lipinski definition) is 3. The number of anilines is 1. The molecule has 0 saturated heterocycles. The molecule has 3 N–H and O–H groups in total. The van der Waals surface area contributed by atoms with Crippen LogP contribution in [0.4, 0.5) is 5.69 Å². The van der Waals surface area contributed by atoms with Crippen LogP contribution < -0.4 is 5.73 Å². The molecular weight excluding hydrogens is 258 g/mol. The molecule has 4 nitrogen and oxygen atoms in total. The van der Waals surface area contributed by atoms with E-state index < -0.39 is 0 Å². The highest BCUT2D eigenvalue weighted by molar-refractivity contribution is 7.67. The third kappa shape index (κ3) is 2.15. The van der Waals surface area contributed by atoms with Crippen molar-refractivity contribution in [1.29, 1.82) is 0 Å². The third-order valence-electron chi connectivity index (χ3n) is 2.84. The van der Waals surface area contributed by atoms with E-state index in [0.29, 0.717) is 27.6 Å². The molecule has 0 radical (unpaired) electrons. The zero-order chi connectivity index (χ0) is 13.2. The number of nitrogens with zero attached hydrogens (tertiary/aromatic N) is 1. The van der Waals surface area contributed by atoms with Crippen molar-refractivity contribution in [3.8, 4) is 0 Å². The molecule has 3 rings (SSSR count). The number of aromatic amines is 1. The van der Waals surface area contributed by atoms with Gasteiger partial charge in [-0.2, -0.15) is 0 Å². The van der Waals surface area contributed by atoms with E-state index in [1.165, 1.54) is 0 Å². The predicted octanol–water partition coefficient (Wildman–Crippen LogP) is 1.93. The minimum Gasteiger partial charge on any atom is -0.399 e. The van der Waals surface area contributed by atoms with E-state index >= 15 is 0 Å². The van der Waals surface area contributed by atoms with Crippen molar-refractivity contribution in [2.45, 2.75) is 0 Å². The number of fused-ring (bicyclic) bond motifs is 1. The van der Waals surface area contributed by atoms with Crippen molar-refractivity contribution < 1.29 is 4.21 Å². The molecule has 0 unspecified atom stereocenters. The molecule has 0 bridgehead atoms. The van der Waals surface area contributed by atoms with Gasteiger partial charge < -0.3 is 10.7 Å². The second-order valence-electron chi connectivity index (χ2n) is 4.14. The zero-order valence-electron chi connectivity index (χ0n) is 9.96. The topological polar surface area (TPSA) is 71.8 Å². The van der Waals surface area contributed by atoms with Crippen LogP contribution in [0.3, 0.4) is 0 Å². The SMILES string of the molecule is Nc1cccc(C(=S=O)c2nc3ccccc3[nH]2)c1. The van der Waals surface area contributed by atoms with Gasteiger partial charge in [0.05, 0.1) is 11.0 Å². The first-order chi connectivity index (χ1) is 9.28. The summed E-state index contributed by atoms with van der Waals surface area (Å²) in [6.07, 6.45) is 0. The fourth-order valence-corrected chi connectivity index (χ4v) is 2.36. The second-order valence-corrected chi connectivity index (χ2v) is 4.72. The first kappa shape index (κ1) is 11.7. The summed E-state index contributed by atoms with van der Waals surface area (Å²) in [7, 11) is 0. The minimum atomic E-state index is 0.417. The lowest BCUT2D eigenvalue weighted by atomic mass is 10.1. The van der Waals surface area contributed by atoms with Gasteiger partial charge in [-0.15, -0.1) is 0 Å². The average molecular weight is 269 g/mol. The van der Waals surface area contributed by atoms with Crippen LogP contribution in [0.25, 0.3) is 11.0 Å². The van der Waals surface area contributed by atoms with Crippen molar-refractivity contribution >= 4 is 32.8 Å². The number of nitrogens with one attached hydrogen (secondary N) is 1. The molecule has 94 valence electrons. The number of nitrogens with two attached hydrogens (primary N) is 1. The van der Waals surface area contributed by atoms with Crippen molar-refractivity contribution in [2.75, 3.05) is 5.73 Å². The first-order valence-electron chi connectivity index (χ1n) is 5.76. The highest BCUT2D eigenvalue weighted by atomic mass is 32.1. The predicted molar refractivity (Wildman–Crippen MR) is 78.3 cm³/mol. The summed E-state index contributed by atoms with van der Waals surface area (Å²) in [5.41, 5.74) is 8.90. The normalized spacial score (nSPS) is 10.5. The molecule has 0 amide bonds. The van der Waals surface area contributed by atoms with Crippen LogP contribution in [0.5, 0.6) is 0 Å². The standard InChI is InChI=1S/C14H11N3OS/c15-10-5-3-4-9(8-10)13(19-18)14-16-11-6-1-2-7-12(11)17-14/h1-8H,15H2,(H,16,17). The molecule has 0 aliphatic rings. The van der Waals surface area contributed by atoms with E-state index in [-0.39, 0.29) is 0 Å². The Bertz CT molecular complexity index is 770. The Balaban J connectivity index is 2.15. The summed E-state index contributed by atoms with van der Waals surface area (Å²) >= 11 is 0.417. The highest BCUT2D eigenvalue weighted by Gasteiger charge is 2.11. The van der Waals surface area contributed by atoms with Gasteiger partial charge in [0.15, 0.2) is 5.82 Å². The van der Waals surface area contributed by atoms with Crippen LogP contribution >= 0.6 is 0 Å². The van der Waals surface area contributed by atoms with E-state index in [9.17, 15) is 4.21 Å². The van der Waals surface area contributed by atoms with Gasteiger partial charge in [-0.1, -0.05) is 24.3 Å². The van der Waals surface area contributed by atoms with Gasteiger partial charge >= 0.3 is 0 Å². The molecule has 5 heteroatoms. The van der Waals surface area contributed by atoms with Gasteiger partial charge in [-0.05, 0) is 24.3 Å².